The van der Waals surface area contributed by atoms with Crippen LogP contribution in [0.2, 0.25) is 0 Å². The number of hydrogen-bond acceptors (Lipinski definition) is 2. The van der Waals surface area contributed by atoms with Gasteiger partial charge in [0.25, 0.3) is 0 Å². The molecule has 2 aromatic rings. The first kappa shape index (κ1) is 13.1. The molecule has 2 atom stereocenters. The highest BCUT2D eigenvalue weighted by molar-refractivity contribution is 5.19. The van der Waals surface area contributed by atoms with Crippen LogP contribution in [0.5, 0.6) is 0 Å². The summed E-state index contributed by atoms with van der Waals surface area (Å²) in [6.07, 6.45) is 12.7. The van der Waals surface area contributed by atoms with Crippen molar-refractivity contribution in [3.05, 3.63) is 66.3 Å². The summed E-state index contributed by atoms with van der Waals surface area (Å²) in [6.45, 7) is 0. The van der Waals surface area contributed by atoms with E-state index in [0.717, 1.165) is 25.0 Å². The average Bonchev–Trinajstić information content (AvgIpc) is 2.99. The fraction of sp³-hybridized carbons (Fsp3) is 0.353. The topological polar surface area (TPSA) is 43.8 Å². The summed E-state index contributed by atoms with van der Waals surface area (Å²) >= 11 is 0. The molecule has 1 aliphatic rings. The lowest BCUT2D eigenvalue weighted by Gasteiger charge is -2.24. The lowest BCUT2D eigenvalue weighted by Crippen LogP contribution is -2.21. The molecule has 0 radical (unpaired) electrons. The van der Waals surface area contributed by atoms with E-state index in [4.69, 9.17) is 5.73 Å². The molecule has 1 unspecified atom stereocenters. The van der Waals surface area contributed by atoms with Gasteiger partial charge in [0.1, 0.15) is 0 Å². The Morgan fingerprint density at radius 2 is 2.10 bits per heavy atom. The first-order valence-corrected chi connectivity index (χ1v) is 7.31. The maximum absolute atomic E-state index is 6.40. The van der Waals surface area contributed by atoms with E-state index in [-0.39, 0.29) is 6.04 Å². The molecule has 1 aliphatic carbocycles. The van der Waals surface area contributed by atoms with Crippen LogP contribution in [0.3, 0.4) is 0 Å². The van der Waals surface area contributed by atoms with Crippen molar-refractivity contribution in [3.63, 3.8) is 0 Å². The van der Waals surface area contributed by atoms with Gasteiger partial charge >= 0.3 is 0 Å². The Morgan fingerprint density at radius 1 is 1.25 bits per heavy atom. The molecule has 0 fully saturated rings. The van der Waals surface area contributed by atoms with E-state index >= 15 is 0 Å². The fourth-order valence-corrected chi connectivity index (χ4v) is 2.91. The van der Waals surface area contributed by atoms with Crippen LogP contribution in [0.4, 0.5) is 0 Å². The van der Waals surface area contributed by atoms with Crippen molar-refractivity contribution < 1.29 is 0 Å². The predicted octanol–water partition coefficient (Wildman–Crippen LogP) is 3.41. The minimum Gasteiger partial charge on any atom is -0.330 e. The first-order valence-electron chi connectivity index (χ1n) is 7.31. The van der Waals surface area contributed by atoms with Crippen molar-refractivity contribution in [1.29, 1.82) is 0 Å². The van der Waals surface area contributed by atoms with Crippen molar-refractivity contribution in [1.82, 2.24) is 9.55 Å². The second kappa shape index (κ2) is 6.06. The number of allylic oxidation sites excluding steroid dienone is 2. The molecule has 0 bridgehead atoms. The zero-order chi connectivity index (χ0) is 13.8. The van der Waals surface area contributed by atoms with E-state index < -0.39 is 0 Å². The standard InChI is InChI=1S/C17H21N3/c18-16(11-14-7-3-1-4-8-14)17-12-19-13-20(17)15-9-5-2-6-10-15/h1-5,7-8,12-13,15-16H,6,9-11,18H2/t15?,16-/m1/s1. The maximum Gasteiger partial charge on any atom is 0.0951 e. The Morgan fingerprint density at radius 3 is 2.85 bits per heavy atom. The van der Waals surface area contributed by atoms with E-state index in [9.17, 15) is 0 Å². The second-order valence-corrected chi connectivity index (χ2v) is 5.46. The third-order valence-electron chi connectivity index (χ3n) is 4.01. The summed E-state index contributed by atoms with van der Waals surface area (Å²) in [5.41, 5.74) is 8.82. The van der Waals surface area contributed by atoms with Gasteiger partial charge in [0, 0.05) is 12.2 Å². The van der Waals surface area contributed by atoms with E-state index in [1.807, 2.05) is 18.6 Å². The van der Waals surface area contributed by atoms with Gasteiger partial charge in [0.2, 0.25) is 0 Å². The van der Waals surface area contributed by atoms with Crippen LogP contribution in [0, 0.1) is 0 Å². The van der Waals surface area contributed by atoms with Crippen LogP contribution in [0.25, 0.3) is 0 Å². The summed E-state index contributed by atoms with van der Waals surface area (Å²) in [6, 6.07) is 10.9. The van der Waals surface area contributed by atoms with Crippen LogP contribution in [0.15, 0.2) is 55.0 Å². The number of benzene rings is 1. The number of imidazole rings is 1. The molecule has 3 nitrogen and oxygen atoms in total. The van der Waals surface area contributed by atoms with Gasteiger partial charge in [0.15, 0.2) is 0 Å². The van der Waals surface area contributed by atoms with Gasteiger partial charge in [0.05, 0.1) is 18.1 Å². The number of nitrogens with zero attached hydrogens (tertiary/aromatic N) is 2. The molecule has 0 aliphatic heterocycles. The maximum atomic E-state index is 6.40. The normalized spacial score (nSPS) is 19.9. The van der Waals surface area contributed by atoms with Gasteiger partial charge in [-0.3, -0.25) is 0 Å². The summed E-state index contributed by atoms with van der Waals surface area (Å²) in [4.78, 5) is 4.32. The second-order valence-electron chi connectivity index (χ2n) is 5.46. The van der Waals surface area contributed by atoms with E-state index in [2.05, 4.69) is 46.0 Å². The lowest BCUT2D eigenvalue weighted by atomic mass is 10.00. The number of aromatic nitrogens is 2. The van der Waals surface area contributed by atoms with E-state index in [1.54, 1.807) is 0 Å². The molecule has 3 rings (SSSR count). The quantitative estimate of drug-likeness (QED) is 0.863. The molecule has 0 spiro atoms. The summed E-state index contributed by atoms with van der Waals surface area (Å²) in [5, 5.41) is 0. The van der Waals surface area contributed by atoms with Gasteiger partial charge in [-0.05, 0) is 31.2 Å². The zero-order valence-electron chi connectivity index (χ0n) is 11.7. The third-order valence-corrected chi connectivity index (χ3v) is 4.01. The molecule has 0 amide bonds. The number of hydrogen-bond donors (Lipinski definition) is 1. The number of rotatable bonds is 4. The zero-order valence-corrected chi connectivity index (χ0v) is 11.7. The van der Waals surface area contributed by atoms with Crippen LogP contribution >= 0.6 is 0 Å². The van der Waals surface area contributed by atoms with Gasteiger partial charge in [-0.25, -0.2) is 4.98 Å². The van der Waals surface area contributed by atoms with Gasteiger partial charge in [-0.1, -0.05) is 42.5 Å². The lowest BCUT2D eigenvalue weighted by molar-refractivity contribution is 0.436. The van der Waals surface area contributed by atoms with Gasteiger partial charge in [-0.2, -0.15) is 0 Å². The van der Waals surface area contributed by atoms with Crippen LogP contribution < -0.4 is 5.73 Å². The van der Waals surface area contributed by atoms with Crippen LogP contribution in [0.1, 0.15) is 42.6 Å². The van der Waals surface area contributed by atoms with Crippen molar-refractivity contribution in [2.24, 2.45) is 5.73 Å². The minimum atomic E-state index is 0.00538. The SMILES string of the molecule is N[C@H](Cc1ccccc1)c1cncn1C1CC=CCC1. The molecule has 1 heterocycles. The van der Waals surface area contributed by atoms with Crippen LogP contribution in [-0.4, -0.2) is 9.55 Å². The Bertz CT molecular complexity index is 571. The summed E-state index contributed by atoms with van der Waals surface area (Å²) < 4.78 is 2.27. The molecule has 3 heteroatoms. The van der Waals surface area contributed by atoms with Gasteiger partial charge < -0.3 is 10.3 Å². The Hall–Kier alpha value is -1.87. The van der Waals surface area contributed by atoms with Crippen molar-refractivity contribution >= 4 is 0 Å². The van der Waals surface area contributed by atoms with Crippen molar-refractivity contribution in [2.75, 3.05) is 0 Å². The molecule has 104 valence electrons. The smallest absolute Gasteiger partial charge is 0.0951 e. The molecule has 20 heavy (non-hydrogen) atoms. The van der Waals surface area contributed by atoms with Gasteiger partial charge in [-0.15, -0.1) is 0 Å². The van der Waals surface area contributed by atoms with Crippen LogP contribution in [-0.2, 0) is 6.42 Å². The Labute approximate surface area is 120 Å². The molecule has 2 N–H and O–H groups in total. The Balaban J connectivity index is 1.77. The monoisotopic (exact) mass is 267 g/mol. The molecule has 1 aromatic carbocycles. The molecule has 0 saturated carbocycles. The van der Waals surface area contributed by atoms with E-state index in [0.29, 0.717) is 6.04 Å². The highest BCUT2D eigenvalue weighted by atomic mass is 15.1. The Kier molecular flexibility index (Phi) is 3.97. The summed E-state index contributed by atoms with van der Waals surface area (Å²) in [5.74, 6) is 0. The van der Waals surface area contributed by atoms with Crippen molar-refractivity contribution in [2.45, 2.75) is 37.8 Å². The first-order chi connectivity index (χ1) is 9.84. The predicted molar refractivity (Wildman–Crippen MR) is 81.3 cm³/mol. The molecule has 0 saturated heterocycles. The molecular weight excluding hydrogens is 246 g/mol. The van der Waals surface area contributed by atoms with Crippen molar-refractivity contribution in [3.8, 4) is 0 Å². The minimum absolute atomic E-state index is 0.00538. The average molecular weight is 267 g/mol. The number of nitrogens with two attached hydrogens (primary N) is 1. The third kappa shape index (κ3) is 2.83. The molecular formula is C17H21N3. The highest BCUT2D eigenvalue weighted by Gasteiger charge is 2.18. The fourth-order valence-electron chi connectivity index (χ4n) is 2.91. The summed E-state index contributed by atoms with van der Waals surface area (Å²) in [7, 11) is 0. The highest BCUT2D eigenvalue weighted by Crippen LogP contribution is 2.27. The van der Waals surface area contributed by atoms with E-state index in [1.165, 1.54) is 12.0 Å². The molecule has 1 aromatic heterocycles. The largest absolute Gasteiger partial charge is 0.330 e.